The molecule has 7 nitrogen and oxygen atoms in total. The molecule has 0 saturated heterocycles. The van der Waals surface area contributed by atoms with Crippen LogP contribution >= 0.6 is 0 Å². The van der Waals surface area contributed by atoms with Crippen LogP contribution < -0.4 is 11.0 Å². The quantitative estimate of drug-likeness (QED) is 0.335. The van der Waals surface area contributed by atoms with Crippen molar-refractivity contribution in [2.45, 2.75) is 6.54 Å². The van der Waals surface area contributed by atoms with Gasteiger partial charge in [-0.2, -0.15) is 5.10 Å². The van der Waals surface area contributed by atoms with E-state index >= 15 is 0 Å². The molecule has 0 unspecified atom stereocenters. The number of hydrogen-bond donors (Lipinski definition) is 2. The Morgan fingerprint density at radius 1 is 0.969 bits per heavy atom. The number of nitrogens with one attached hydrogen (secondary N) is 2. The van der Waals surface area contributed by atoms with Gasteiger partial charge in [-0.15, -0.1) is 0 Å². The molecular formula is C25H19N5O2. The minimum absolute atomic E-state index is 0.173. The third-order valence-electron chi connectivity index (χ3n) is 5.24. The third kappa shape index (κ3) is 3.67. The zero-order chi connectivity index (χ0) is 21.9. The Kier molecular flexibility index (Phi) is 5.05. The van der Waals surface area contributed by atoms with Crippen molar-refractivity contribution in [3.05, 3.63) is 101 Å². The molecule has 5 aromatic rings. The van der Waals surface area contributed by atoms with Gasteiger partial charge in [0.15, 0.2) is 0 Å². The SMILES string of the molecule is O=C(Cn1cnc2ccccc2c1=O)N/N=C/c1c(-c2ccccc2)[nH]c2ccccc12. The molecule has 0 spiro atoms. The average molecular weight is 421 g/mol. The molecule has 1 amide bonds. The lowest BCUT2D eigenvalue weighted by Crippen LogP contribution is -2.30. The monoisotopic (exact) mass is 421 g/mol. The zero-order valence-corrected chi connectivity index (χ0v) is 17.0. The molecule has 0 atom stereocenters. The van der Waals surface area contributed by atoms with Gasteiger partial charge in [-0.05, 0) is 23.8 Å². The van der Waals surface area contributed by atoms with E-state index in [9.17, 15) is 9.59 Å². The summed E-state index contributed by atoms with van der Waals surface area (Å²) < 4.78 is 1.27. The van der Waals surface area contributed by atoms with Crippen LogP contribution in [0.3, 0.4) is 0 Å². The first kappa shape index (κ1) is 19.4. The summed E-state index contributed by atoms with van der Waals surface area (Å²) in [6.45, 7) is -0.173. The third-order valence-corrected chi connectivity index (χ3v) is 5.24. The highest BCUT2D eigenvalue weighted by Crippen LogP contribution is 2.28. The van der Waals surface area contributed by atoms with Crippen molar-refractivity contribution in [3.63, 3.8) is 0 Å². The van der Waals surface area contributed by atoms with Gasteiger partial charge in [0.2, 0.25) is 0 Å². The van der Waals surface area contributed by atoms with Crippen molar-refractivity contribution >= 4 is 33.9 Å². The molecule has 3 aromatic carbocycles. The molecule has 156 valence electrons. The number of para-hydroxylation sites is 2. The number of aromatic amines is 1. The van der Waals surface area contributed by atoms with Crippen LogP contribution in [0.15, 0.2) is 95.1 Å². The minimum atomic E-state index is -0.415. The molecule has 0 aliphatic heterocycles. The Balaban J connectivity index is 1.39. The first-order valence-corrected chi connectivity index (χ1v) is 10.1. The summed E-state index contributed by atoms with van der Waals surface area (Å²) >= 11 is 0. The minimum Gasteiger partial charge on any atom is -0.354 e. The number of hydrogen-bond acceptors (Lipinski definition) is 4. The van der Waals surface area contributed by atoms with Crippen molar-refractivity contribution < 1.29 is 4.79 Å². The lowest BCUT2D eigenvalue weighted by atomic mass is 10.1. The van der Waals surface area contributed by atoms with E-state index in [4.69, 9.17) is 0 Å². The summed E-state index contributed by atoms with van der Waals surface area (Å²) in [4.78, 5) is 32.7. The number of benzene rings is 3. The molecule has 7 heteroatoms. The molecule has 0 radical (unpaired) electrons. The first-order chi connectivity index (χ1) is 15.7. The van der Waals surface area contributed by atoms with E-state index < -0.39 is 5.91 Å². The Bertz CT molecular complexity index is 1520. The molecule has 2 heterocycles. The maximum absolute atomic E-state index is 12.6. The van der Waals surface area contributed by atoms with E-state index in [1.807, 2.05) is 60.7 Å². The molecule has 2 aromatic heterocycles. The van der Waals surface area contributed by atoms with Gasteiger partial charge in [-0.25, -0.2) is 10.4 Å². The fraction of sp³-hybridized carbons (Fsp3) is 0.0400. The Labute approximate surface area is 183 Å². The normalized spacial score (nSPS) is 11.4. The maximum atomic E-state index is 12.6. The zero-order valence-electron chi connectivity index (χ0n) is 17.0. The highest BCUT2D eigenvalue weighted by molar-refractivity contribution is 6.06. The number of rotatable bonds is 5. The largest absolute Gasteiger partial charge is 0.354 e. The Morgan fingerprint density at radius 2 is 1.69 bits per heavy atom. The van der Waals surface area contributed by atoms with E-state index in [1.54, 1.807) is 24.4 Å². The highest BCUT2D eigenvalue weighted by atomic mass is 16.2. The van der Waals surface area contributed by atoms with Crippen LogP contribution in [0.2, 0.25) is 0 Å². The van der Waals surface area contributed by atoms with Crippen LogP contribution in [0.25, 0.3) is 33.1 Å². The summed E-state index contributed by atoms with van der Waals surface area (Å²) in [7, 11) is 0. The smallest absolute Gasteiger partial charge is 0.261 e. The Hall–Kier alpha value is -4.52. The van der Waals surface area contributed by atoms with E-state index in [1.165, 1.54) is 10.9 Å². The number of amides is 1. The number of nitrogens with zero attached hydrogens (tertiary/aromatic N) is 3. The molecule has 0 aliphatic rings. The second-order valence-electron chi connectivity index (χ2n) is 7.31. The predicted molar refractivity (Wildman–Crippen MR) is 125 cm³/mol. The molecule has 0 fully saturated rings. The summed E-state index contributed by atoms with van der Waals surface area (Å²) in [5.41, 5.74) is 6.64. The second-order valence-corrected chi connectivity index (χ2v) is 7.31. The summed E-state index contributed by atoms with van der Waals surface area (Å²) in [5.74, 6) is -0.415. The lowest BCUT2D eigenvalue weighted by molar-refractivity contribution is -0.121. The van der Waals surface area contributed by atoms with Crippen molar-refractivity contribution in [1.29, 1.82) is 0 Å². The number of aromatic nitrogens is 3. The Morgan fingerprint density at radius 3 is 2.53 bits per heavy atom. The summed E-state index contributed by atoms with van der Waals surface area (Å²) in [6, 6.07) is 24.9. The van der Waals surface area contributed by atoms with Crippen molar-refractivity contribution in [1.82, 2.24) is 20.0 Å². The topological polar surface area (TPSA) is 92.1 Å². The van der Waals surface area contributed by atoms with Crippen LogP contribution in [-0.2, 0) is 11.3 Å². The molecular weight excluding hydrogens is 402 g/mol. The van der Waals surface area contributed by atoms with Crippen LogP contribution in [0.1, 0.15) is 5.56 Å². The summed E-state index contributed by atoms with van der Waals surface area (Å²) in [5, 5.41) is 5.63. The van der Waals surface area contributed by atoms with Crippen molar-refractivity contribution in [2.75, 3.05) is 0 Å². The van der Waals surface area contributed by atoms with Gasteiger partial charge in [0.25, 0.3) is 11.5 Å². The van der Waals surface area contributed by atoms with Gasteiger partial charge >= 0.3 is 0 Å². The maximum Gasteiger partial charge on any atom is 0.261 e. The van der Waals surface area contributed by atoms with Crippen molar-refractivity contribution in [3.8, 4) is 11.3 Å². The number of carbonyl (C=O) groups excluding carboxylic acids is 1. The number of hydrazone groups is 1. The van der Waals surface area contributed by atoms with Crippen LogP contribution in [0.5, 0.6) is 0 Å². The van der Waals surface area contributed by atoms with Crippen LogP contribution in [-0.4, -0.2) is 26.7 Å². The van der Waals surface area contributed by atoms with E-state index in [0.717, 1.165) is 27.7 Å². The molecule has 0 aliphatic carbocycles. The summed E-state index contributed by atoms with van der Waals surface area (Å²) in [6.07, 6.45) is 3.00. The fourth-order valence-corrected chi connectivity index (χ4v) is 3.71. The van der Waals surface area contributed by atoms with Gasteiger partial charge in [-0.3, -0.25) is 14.2 Å². The second kappa shape index (κ2) is 8.31. The molecule has 2 N–H and O–H groups in total. The predicted octanol–water partition coefficient (Wildman–Crippen LogP) is 3.70. The highest BCUT2D eigenvalue weighted by Gasteiger charge is 2.12. The van der Waals surface area contributed by atoms with Gasteiger partial charge in [0.05, 0.1) is 29.1 Å². The molecule has 0 saturated carbocycles. The van der Waals surface area contributed by atoms with Gasteiger partial charge in [-0.1, -0.05) is 60.7 Å². The average Bonchev–Trinajstić information content (AvgIpc) is 3.20. The van der Waals surface area contributed by atoms with E-state index in [0.29, 0.717) is 10.9 Å². The lowest BCUT2D eigenvalue weighted by Gasteiger charge is -2.05. The number of H-pyrrole nitrogens is 1. The first-order valence-electron chi connectivity index (χ1n) is 10.1. The van der Waals surface area contributed by atoms with Gasteiger partial charge in [0.1, 0.15) is 6.54 Å². The number of fused-ring (bicyclic) bond motifs is 2. The van der Waals surface area contributed by atoms with Crippen LogP contribution in [0, 0.1) is 0 Å². The fourth-order valence-electron chi connectivity index (χ4n) is 3.71. The van der Waals surface area contributed by atoms with Gasteiger partial charge in [0, 0.05) is 16.5 Å². The standard InChI is InChI=1S/C25H19N5O2/c31-23(15-30-16-26-21-12-6-5-11-19(21)25(30)32)29-27-14-20-18-10-4-7-13-22(18)28-24(20)17-8-2-1-3-9-17/h1-14,16,28H,15H2,(H,29,31)/b27-14+. The number of carbonyl (C=O) groups is 1. The van der Waals surface area contributed by atoms with Gasteiger partial charge < -0.3 is 4.98 Å². The molecule has 5 rings (SSSR count). The van der Waals surface area contributed by atoms with E-state index in [2.05, 4.69) is 20.5 Å². The van der Waals surface area contributed by atoms with E-state index in [-0.39, 0.29) is 12.1 Å². The molecule has 32 heavy (non-hydrogen) atoms. The van der Waals surface area contributed by atoms with Crippen LogP contribution in [0.4, 0.5) is 0 Å². The molecule has 0 bridgehead atoms. The van der Waals surface area contributed by atoms with Crippen molar-refractivity contribution in [2.24, 2.45) is 5.10 Å².